The molecule has 104 valence electrons. The van der Waals surface area contributed by atoms with E-state index in [1.807, 2.05) is 30.3 Å². The molecule has 1 unspecified atom stereocenters. The number of hydrogen-bond acceptors (Lipinski definition) is 4. The number of rotatable bonds is 6. The number of benzene rings is 2. The van der Waals surface area contributed by atoms with Crippen molar-refractivity contribution in [2.24, 2.45) is 5.73 Å². The number of nitrogens with zero attached hydrogens (tertiary/aromatic N) is 1. The number of anilines is 1. The molecule has 20 heavy (non-hydrogen) atoms. The van der Waals surface area contributed by atoms with Crippen LogP contribution in [0.1, 0.15) is 18.0 Å². The molecule has 0 radical (unpaired) electrons. The fourth-order valence-electron chi connectivity index (χ4n) is 1.97. The molecule has 0 amide bonds. The van der Waals surface area contributed by atoms with Crippen LogP contribution < -0.4 is 11.1 Å². The minimum atomic E-state index is -0.402. The van der Waals surface area contributed by atoms with Crippen molar-refractivity contribution in [1.29, 1.82) is 0 Å². The molecule has 0 aliphatic rings. The van der Waals surface area contributed by atoms with Gasteiger partial charge in [0.1, 0.15) is 0 Å². The quantitative estimate of drug-likeness (QED) is 0.625. The Hall–Kier alpha value is -2.40. The Morgan fingerprint density at radius 2 is 1.90 bits per heavy atom. The van der Waals surface area contributed by atoms with E-state index in [-0.39, 0.29) is 11.7 Å². The van der Waals surface area contributed by atoms with Gasteiger partial charge in [0.25, 0.3) is 5.69 Å². The first-order valence-corrected chi connectivity index (χ1v) is 6.45. The molecular formula is C15H17N3O2. The minimum Gasteiger partial charge on any atom is -0.385 e. The van der Waals surface area contributed by atoms with Crippen molar-refractivity contribution in [3.8, 4) is 0 Å². The Kier molecular flexibility index (Phi) is 4.68. The Balaban J connectivity index is 1.87. The first-order valence-electron chi connectivity index (χ1n) is 6.45. The van der Waals surface area contributed by atoms with Gasteiger partial charge in [-0.3, -0.25) is 10.1 Å². The second-order valence-electron chi connectivity index (χ2n) is 4.54. The zero-order chi connectivity index (χ0) is 14.4. The van der Waals surface area contributed by atoms with Crippen LogP contribution in [-0.2, 0) is 0 Å². The first-order chi connectivity index (χ1) is 9.66. The fraction of sp³-hybridized carbons (Fsp3) is 0.200. The predicted molar refractivity (Wildman–Crippen MR) is 79.6 cm³/mol. The molecule has 1 atom stereocenters. The summed E-state index contributed by atoms with van der Waals surface area (Å²) >= 11 is 0. The van der Waals surface area contributed by atoms with Gasteiger partial charge in [-0.2, -0.15) is 0 Å². The highest BCUT2D eigenvalue weighted by atomic mass is 16.6. The molecule has 0 aliphatic heterocycles. The topological polar surface area (TPSA) is 81.2 Å². The molecular weight excluding hydrogens is 254 g/mol. The summed E-state index contributed by atoms with van der Waals surface area (Å²) < 4.78 is 0. The molecule has 2 aromatic rings. The molecule has 0 saturated carbocycles. The number of nitro groups is 1. The standard InChI is InChI=1S/C15H17N3O2/c16-15(12-5-2-1-3-6-12)9-10-17-13-7-4-8-14(11-13)18(19)20/h1-8,11,15,17H,9-10,16H2. The molecule has 0 aromatic heterocycles. The van der Waals surface area contributed by atoms with Crippen LogP contribution in [0.3, 0.4) is 0 Å². The number of non-ortho nitro benzene ring substituents is 1. The van der Waals surface area contributed by atoms with Gasteiger partial charge in [0.15, 0.2) is 0 Å². The van der Waals surface area contributed by atoms with E-state index in [4.69, 9.17) is 5.73 Å². The predicted octanol–water partition coefficient (Wildman–Crippen LogP) is 3.10. The molecule has 0 bridgehead atoms. The largest absolute Gasteiger partial charge is 0.385 e. The Morgan fingerprint density at radius 3 is 2.60 bits per heavy atom. The van der Waals surface area contributed by atoms with Crippen molar-refractivity contribution in [2.75, 3.05) is 11.9 Å². The highest BCUT2D eigenvalue weighted by molar-refractivity contribution is 5.50. The van der Waals surface area contributed by atoms with Gasteiger partial charge in [-0.1, -0.05) is 36.4 Å². The molecule has 0 aliphatic carbocycles. The minimum absolute atomic E-state index is 0.0394. The van der Waals surface area contributed by atoms with E-state index in [2.05, 4.69) is 5.32 Å². The van der Waals surface area contributed by atoms with Crippen molar-refractivity contribution in [3.05, 3.63) is 70.3 Å². The number of nitro benzene ring substituents is 1. The highest BCUT2D eigenvalue weighted by Gasteiger charge is 2.07. The van der Waals surface area contributed by atoms with E-state index in [0.29, 0.717) is 6.54 Å². The lowest BCUT2D eigenvalue weighted by Crippen LogP contribution is -2.15. The summed E-state index contributed by atoms with van der Waals surface area (Å²) in [6.45, 7) is 0.664. The summed E-state index contributed by atoms with van der Waals surface area (Å²) in [4.78, 5) is 10.3. The van der Waals surface area contributed by atoms with Gasteiger partial charge in [0.05, 0.1) is 4.92 Å². The van der Waals surface area contributed by atoms with Crippen LogP contribution in [0.15, 0.2) is 54.6 Å². The fourth-order valence-corrected chi connectivity index (χ4v) is 1.97. The maximum absolute atomic E-state index is 10.7. The average molecular weight is 271 g/mol. The summed E-state index contributed by atoms with van der Waals surface area (Å²) in [6, 6.07) is 16.3. The summed E-state index contributed by atoms with van der Waals surface area (Å²) in [7, 11) is 0. The monoisotopic (exact) mass is 271 g/mol. The maximum atomic E-state index is 10.7. The lowest BCUT2D eigenvalue weighted by Gasteiger charge is -2.13. The number of hydrogen-bond donors (Lipinski definition) is 2. The lowest BCUT2D eigenvalue weighted by atomic mass is 10.1. The van der Waals surface area contributed by atoms with Crippen LogP contribution in [0.25, 0.3) is 0 Å². The third-order valence-electron chi connectivity index (χ3n) is 3.07. The Labute approximate surface area is 117 Å². The number of nitrogens with two attached hydrogens (primary N) is 1. The van der Waals surface area contributed by atoms with Crippen molar-refractivity contribution >= 4 is 11.4 Å². The van der Waals surface area contributed by atoms with E-state index in [0.717, 1.165) is 17.7 Å². The zero-order valence-corrected chi connectivity index (χ0v) is 11.0. The maximum Gasteiger partial charge on any atom is 0.271 e. The van der Waals surface area contributed by atoms with Crippen molar-refractivity contribution in [1.82, 2.24) is 0 Å². The van der Waals surface area contributed by atoms with Crippen molar-refractivity contribution in [3.63, 3.8) is 0 Å². The molecule has 3 N–H and O–H groups in total. The zero-order valence-electron chi connectivity index (χ0n) is 11.0. The van der Waals surface area contributed by atoms with Crippen LogP contribution in [0.2, 0.25) is 0 Å². The van der Waals surface area contributed by atoms with E-state index in [1.54, 1.807) is 12.1 Å². The average Bonchev–Trinajstić information content (AvgIpc) is 2.48. The lowest BCUT2D eigenvalue weighted by molar-refractivity contribution is -0.384. The van der Waals surface area contributed by atoms with Crippen LogP contribution in [0.5, 0.6) is 0 Å². The van der Waals surface area contributed by atoms with Gasteiger partial charge in [-0.25, -0.2) is 0 Å². The van der Waals surface area contributed by atoms with Crippen LogP contribution >= 0.6 is 0 Å². The molecule has 0 fully saturated rings. The third kappa shape index (κ3) is 3.80. The van der Waals surface area contributed by atoms with Gasteiger partial charge in [0.2, 0.25) is 0 Å². The van der Waals surface area contributed by atoms with Gasteiger partial charge >= 0.3 is 0 Å². The van der Waals surface area contributed by atoms with Gasteiger partial charge in [-0.15, -0.1) is 0 Å². The smallest absolute Gasteiger partial charge is 0.271 e. The van der Waals surface area contributed by atoms with Crippen molar-refractivity contribution in [2.45, 2.75) is 12.5 Å². The van der Waals surface area contributed by atoms with Crippen LogP contribution in [-0.4, -0.2) is 11.5 Å². The second-order valence-corrected chi connectivity index (χ2v) is 4.54. The molecule has 5 heteroatoms. The second kappa shape index (κ2) is 6.68. The molecule has 2 rings (SSSR count). The van der Waals surface area contributed by atoms with E-state index in [9.17, 15) is 10.1 Å². The number of nitrogens with one attached hydrogen (secondary N) is 1. The van der Waals surface area contributed by atoms with Crippen molar-refractivity contribution < 1.29 is 4.92 Å². The summed E-state index contributed by atoms with van der Waals surface area (Å²) in [5.41, 5.74) is 8.00. The summed E-state index contributed by atoms with van der Waals surface area (Å²) in [5, 5.41) is 13.8. The van der Waals surface area contributed by atoms with Gasteiger partial charge in [-0.05, 0) is 18.1 Å². The molecule has 0 saturated heterocycles. The molecule has 0 spiro atoms. The summed E-state index contributed by atoms with van der Waals surface area (Å²) in [6.07, 6.45) is 0.757. The SMILES string of the molecule is NC(CCNc1cccc([N+](=O)[O-])c1)c1ccccc1. The van der Waals surface area contributed by atoms with E-state index in [1.165, 1.54) is 12.1 Å². The van der Waals surface area contributed by atoms with E-state index < -0.39 is 4.92 Å². The summed E-state index contributed by atoms with van der Waals surface area (Å²) in [5.74, 6) is 0. The normalized spacial score (nSPS) is 11.8. The Morgan fingerprint density at radius 1 is 1.15 bits per heavy atom. The first kappa shape index (κ1) is 14.0. The van der Waals surface area contributed by atoms with Gasteiger partial charge in [0, 0.05) is 30.4 Å². The van der Waals surface area contributed by atoms with Crippen LogP contribution in [0, 0.1) is 10.1 Å². The molecule has 5 nitrogen and oxygen atoms in total. The van der Waals surface area contributed by atoms with Crippen LogP contribution in [0.4, 0.5) is 11.4 Å². The Bertz CT molecular complexity index is 572. The third-order valence-corrected chi connectivity index (χ3v) is 3.07. The van der Waals surface area contributed by atoms with E-state index >= 15 is 0 Å². The highest BCUT2D eigenvalue weighted by Crippen LogP contribution is 2.18. The molecule has 0 heterocycles. The molecule has 2 aromatic carbocycles. The van der Waals surface area contributed by atoms with Gasteiger partial charge < -0.3 is 11.1 Å².